The Morgan fingerprint density at radius 2 is 1.88 bits per heavy atom. The number of H-pyrrole nitrogens is 1. The second kappa shape index (κ2) is 3.30. The summed E-state index contributed by atoms with van der Waals surface area (Å²) >= 11 is 0. The van der Waals surface area contributed by atoms with E-state index in [1.165, 1.54) is 0 Å². The third-order valence-corrected chi connectivity index (χ3v) is 2.37. The maximum atomic E-state index is 11.2. The van der Waals surface area contributed by atoms with E-state index in [1.54, 1.807) is 24.5 Å². The summed E-state index contributed by atoms with van der Waals surface area (Å²) in [4.78, 5) is 8.26. The number of nitrogens with one attached hydrogen (secondary N) is 1. The normalized spacial score (nSPS) is 10.8. The fourth-order valence-corrected chi connectivity index (χ4v) is 1.56. The van der Waals surface area contributed by atoms with Gasteiger partial charge in [0.15, 0.2) is 5.65 Å². The number of aromatic nitrogens is 4. The topological polar surface area (TPSA) is 77.5 Å². The molecular formula is C11H7N4O-. The minimum absolute atomic E-state index is 0.274. The molecule has 0 amide bonds. The Kier molecular flexibility index (Phi) is 1.83. The first-order valence-corrected chi connectivity index (χ1v) is 4.77. The van der Waals surface area contributed by atoms with Crippen molar-refractivity contribution in [2.45, 2.75) is 0 Å². The van der Waals surface area contributed by atoms with Crippen LogP contribution in [0.2, 0.25) is 0 Å². The molecule has 0 saturated heterocycles. The highest BCUT2D eigenvalue weighted by Gasteiger charge is 2.02. The van der Waals surface area contributed by atoms with E-state index in [9.17, 15) is 5.11 Å². The van der Waals surface area contributed by atoms with Crippen LogP contribution in [0.5, 0.6) is 5.88 Å². The average molecular weight is 211 g/mol. The Hall–Kier alpha value is -2.43. The van der Waals surface area contributed by atoms with Gasteiger partial charge in [0, 0.05) is 29.2 Å². The van der Waals surface area contributed by atoms with E-state index in [2.05, 4.69) is 20.2 Å². The summed E-state index contributed by atoms with van der Waals surface area (Å²) in [5.74, 6) is -0.274. The smallest absolute Gasteiger partial charge is 0.155 e. The van der Waals surface area contributed by atoms with Gasteiger partial charge >= 0.3 is 0 Å². The highest BCUT2D eigenvalue weighted by molar-refractivity contribution is 5.82. The highest BCUT2D eigenvalue weighted by Crippen LogP contribution is 2.22. The Bertz CT molecular complexity index is 633. The van der Waals surface area contributed by atoms with Gasteiger partial charge in [-0.2, -0.15) is 5.10 Å². The van der Waals surface area contributed by atoms with Crippen molar-refractivity contribution >= 4 is 11.0 Å². The summed E-state index contributed by atoms with van der Waals surface area (Å²) in [6.45, 7) is 0. The molecule has 0 bridgehead atoms. The number of rotatable bonds is 1. The van der Waals surface area contributed by atoms with Gasteiger partial charge < -0.3 is 5.11 Å². The molecule has 5 heteroatoms. The summed E-state index contributed by atoms with van der Waals surface area (Å²) < 4.78 is 0. The average Bonchev–Trinajstić information content (AvgIpc) is 2.72. The van der Waals surface area contributed by atoms with Crippen LogP contribution < -0.4 is 5.11 Å². The van der Waals surface area contributed by atoms with Crippen molar-refractivity contribution in [3.8, 4) is 17.1 Å². The van der Waals surface area contributed by atoms with Gasteiger partial charge in [0.1, 0.15) is 0 Å². The maximum absolute atomic E-state index is 11.2. The van der Waals surface area contributed by atoms with Crippen LogP contribution in [-0.4, -0.2) is 20.2 Å². The summed E-state index contributed by atoms with van der Waals surface area (Å²) in [5.41, 5.74) is 2.26. The standard InChI is InChI=1S/C11H8N4O/c16-11-8-1-2-9(13-10(8)14-15-11)7-3-5-12-6-4-7/h1-6H,(H2,13,14,15,16)/p-1. The van der Waals surface area contributed by atoms with E-state index < -0.39 is 0 Å². The summed E-state index contributed by atoms with van der Waals surface area (Å²) in [7, 11) is 0. The molecule has 1 N–H and O–H groups in total. The first-order chi connectivity index (χ1) is 7.84. The maximum Gasteiger partial charge on any atom is 0.155 e. The van der Waals surface area contributed by atoms with Crippen molar-refractivity contribution in [3.05, 3.63) is 36.7 Å². The molecular weight excluding hydrogens is 204 g/mol. The van der Waals surface area contributed by atoms with Gasteiger partial charge in [0.25, 0.3) is 0 Å². The van der Waals surface area contributed by atoms with Crippen LogP contribution in [-0.2, 0) is 0 Å². The molecule has 16 heavy (non-hydrogen) atoms. The first kappa shape index (κ1) is 8.84. The number of hydrogen-bond acceptors (Lipinski definition) is 4. The fourth-order valence-electron chi connectivity index (χ4n) is 1.56. The molecule has 78 valence electrons. The van der Waals surface area contributed by atoms with Crippen LogP contribution in [0.25, 0.3) is 22.3 Å². The largest absolute Gasteiger partial charge is 0.857 e. The lowest BCUT2D eigenvalue weighted by Gasteiger charge is -2.01. The molecule has 0 aliphatic rings. The van der Waals surface area contributed by atoms with Crippen LogP contribution in [0.3, 0.4) is 0 Å². The molecule has 0 aromatic carbocycles. The van der Waals surface area contributed by atoms with Gasteiger partial charge in [-0.25, -0.2) is 4.98 Å². The number of fused-ring (bicyclic) bond motifs is 1. The number of nitrogens with zero attached hydrogens (tertiary/aromatic N) is 3. The zero-order valence-electron chi connectivity index (χ0n) is 8.21. The van der Waals surface area contributed by atoms with Crippen LogP contribution in [0.1, 0.15) is 0 Å². The van der Waals surface area contributed by atoms with Gasteiger partial charge in [0.05, 0.1) is 5.69 Å². The summed E-state index contributed by atoms with van der Waals surface area (Å²) in [6.07, 6.45) is 3.40. The Morgan fingerprint density at radius 1 is 1.06 bits per heavy atom. The third-order valence-electron chi connectivity index (χ3n) is 2.37. The second-order valence-electron chi connectivity index (χ2n) is 3.36. The van der Waals surface area contributed by atoms with E-state index in [1.807, 2.05) is 12.1 Å². The molecule has 0 atom stereocenters. The van der Waals surface area contributed by atoms with Crippen molar-refractivity contribution in [2.75, 3.05) is 0 Å². The Morgan fingerprint density at radius 3 is 2.69 bits per heavy atom. The van der Waals surface area contributed by atoms with E-state index >= 15 is 0 Å². The van der Waals surface area contributed by atoms with Crippen LogP contribution in [0.15, 0.2) is 36.7 Å². The monoisotopic (exact) mass is 211 g/mol. The molecule has 0 radical (unpaired) electrons. The Balaban J connectivity index is 2.19. The van der Waals surface area contributed by atoms with Gasteiger partial charge in [0.2, 0.25) is 0 Å². The van der Waals surface area contributed by atoms with Crippen molar-refractivity contribution in [3.63, 3.8) is 0 Å². The van der Waals surface area contributed by atoms with Crippen LogP contribution in [0, 0.1) is 0 Å². The molecule has 3 rings (SSSR count). The fraction of sp³-hybridized carbons (Fsp3) is 0. The lowest BCUT2D eigenvalue weighted by molar-refractivity contribution is -0.272. The quantitative estimate of drug-likeness (QED) is 0.653. The predicted molar refractivity (Wildman–Crippen MR) is 56.6 cm³/mol. The van der Waals surface area contributed by atoms with Gasteiger partial charge in [-0.05, 0) is 24.3 Å². The zero-order valence-corrected chi connectivity index (χ0v) is 8.21. The zero-order chi connectivity index (χ0) is 11.0. The molecule has 0 aliphatic carbocycles. The van der Waals surface area contributed by atoms with Crippen molar-refractivity contribution in [1.29, 1.82) is 0 Å². The van der Waals surface area contributed by atoms with Crippen LogP contribution >= 0.6 is 0 Å². The van der Waals surface area contributed by atoms with Crippen molar-refractivity contribution in [1.82, 2.24) is 20.2 Å². The molecule has 5 nitrogen and oxygen atoms in total. The van der Waals surface area contributed by atoms with E-state index in [-0.39, 0.29) is 5.88 Å². The molecule has 0 saturated carbocycles. The number of hydrogen-bond donors (Lipinski definition) is 1. The summed E-state index contributed by atoms with van der Waals surface area (Å²) in [6, 6.07) is 7.25. The van der Waals surface area contributed by atoms with Gasteiger partial charge in [-0.3, -0.25) is 10.1 Å². The minimum atomic E-state index is -0.274. The number of aromatic amines is 1. The lowest BCUT2D eigenvalue weighted by atomic mass is 10.1. The highest BCUT2D eigenvalue weighted by atomic mass is 16.3. The molecule has 0 aliphatic heterocycles. The van der Waals surface area contributed by atoms with E-state index in [0.29, 0.717) is 11.0 Å². The Labute approximate surface area is 90.8 Å². The predicted octanol–water partition coefficient (Wildman–Crippen LogP) is 1.09. The van der Waals surface area contributed by atoms with E-state index in [0.717, 1.165) is 11.3 Å². The van der Waals surface area contributed by atoms with Crippen molar-refractivity contribution in [2.24, 2.45) is 0 Å². The SMILES string of the molecule is [O-]c1n[nH]c2nc(-c3ccncc3)ccc12. The minimum Gasteiger partial charge on any atom is -0.857 e. The summed E-state index contributed by atoms with van der Waals surface area (Å²) in [5, 5.41) is 17.9. The molecule has 0 fully saturated rings. The molecule has 3 heterocycles. The molecule has 3 aromatic rings. The lowest BCUT2D eigenvalue weighted by Crippen LogP contribution is -1.89. The van der Waals surface area contributed by atoms with Gasteiger partial charge in [-0.1, -0.05) is 0 Å². The second-order valence-corrected chi connectivity index (χ2v) is 3.36. The van der Waals surface area contributed by atoms with E-state index in [4.69, 9.17) is 0 Å². The third kappa shape index (κ3) is 1.30. The first-order valence-electron chi connectivity index (χ1n) is 4.77. The van der Waals surface area contributed by atoms with Gasteiger partial charge in [-0.15, -0.1) is 0 Å². The molecule has 0 spiro atoms. The van der Waals surface area contributed by atoms with Crippen LogP contribution in [0.4, 0.5) is 0 Å². The van der Waals surface area contributed by atoms with Crippen molar-refractivity contribution < 1.29 is 5.11 Å². The molecule has 3 aromatic heterocycles. The molecule has 0 unspecified atom stereocenters. The number of pyridine rings is 2.